The van der Waals surface area contributed by atoms with Crippen LogP contribution >= 0.6 is 22.9 Å². The molecule has 0 amide bonds. The number of aryl methyl sites for hydroxylation is 1. The van der Waals surface area contributed by atoms with Crippen molar-refractivity contribution < 1.29 is 18.3 Å². The van der Waals surface area contributed by atoms with Crippen LogP contribution in [-0.2, 0) is 16.6 Å². The van der Waals surface area contributed by atoms with Crippen molar-refractivity contribution in [3.8, 4) is 0 Å². The van der Waals surface area contributed by atoms with Gasteiger partial charge in [-0.15, -0.1) is 11.3 Å². The zero-order valence-corrected chi connectivity index (χ0v) is 13.2. The lowest BCUT2D eigenvalue weighted by atomic mass is 10.2. The molecule has 9 heteroatoms. The summed E-state index contributed by atoms with van der Waals surface area (Å²) in [5, 5.41) is 8.88. The van der Waals surface area contributed by atoms with Crippen molar-refractivity contribution in [1.29, 1.82) is 0 Å². The van der Waals surface area contributed by atoms with E-state index in [4.69, 9.17) is 16.7 Å². The van der Waals surface area contributed by atoms with E-state index in [1.54, 1.807) is 12.4 Å². The first kappa shape index (κ1) is 15.9. The lowest BCUT2D eigenvalue weighted by Crippen LogP contribution is -2.23. The molecule has 2 N–H and O–H groups in total. The first-order valence-corrected chi connectivity index (χ1v) is 8.47. The van der Waals surface area contributed by atoms with E-state index >= 15 is 0 Å². The van der Waals surface area contributed by atoms with Gasteiger partial charge in [0.15, 0.2) is 0 Å². The molecule has 2 aromatic rings. The van der Waals surface area contributed by atoms with E-state index < -0.39 is 16.0 Å². The summed E-state index contributed by atoms with van der Waals surface area (Å²) in [7, 11) is -3.91. The third-order valence-corrected chi connectivity index (χ3v) is 5.55. The van der Waals surface area contributed by atoms with Crippen LogP contribution in [0.3, 0.4) is 0 Å². The number of carbonyl (C=O) groups is 1. The van der Waals surface area contributed by atoms with Crippen LogP contribution in [0, 0.1) is 6.92 Å². The number of halogens is 1. The Balaban J connectivity index is 2.29. The molecule has 0 atom stereocenters. The number of aromatic carboxylic acids is 1. The summed E-state index contributed by atoms with van der Waals surface area (Å²) in [6.45, 7) is 1.85. The number of thiazole rings is 1. The van der Waals surface area contributed by atoms with Gasteiger partial charge in [-0.1, -0.05) is 11.6 Å². The Labute approximate surface area is 130 Å². The number of hydrogen-bond acceptors (Lipinski definition) is 5. The molecule has 1 aromatic carbocycles. The molecule has 0 fully saturated rings. The normalized spacial score (nSPS) is 11.5. The molecular weight excluding hydrogens is 336 g/mol. The van der Waals surface area contributed by atoms with Gasteiger partial charge >= 0.3 is 5.97 Å². The first-order chi connectivity index (χ1) is 9.81. The molecule has 2 rings (SSSR count). The van der Waals surface area contributed by atoms with Crippen LogP contribution in [-0.4, -0.2) is 24.5 Å². The minimum atomic E-state index is -3.91. The van der Waals surface area contributed by atoms with Gasteiger partial charge in [0.1, 0.15) is 4.90 Å². The number of sulfonamides is 1. The summed E-state index contributed by atoms with van der Waals surface area (Å²) in [6.07, 6.45) is 0. The maximum Gasteiger partial charge on any atom is 0.335 e. The SMILES string of the molecule is Cc1ncsc1CNS(=O)(=O)c1cc(C(=O)O)ccc1Cl. The fourth-order valence-corrected chi connectivity index (χ4v) is 3.90. The molecule has 21 heavy (non-hydrogen) atoms. The quantitative estimate of drug-likeness (QED) is 0.865. The number of nitrogens with zero attached hydrogens (tertiary/aromatic N) is 1. The van der Waals surface area contributed by atoms with Gasteiger partial charge < -0.3 is 5.11 Å². The molecule has 0 unspecified atom stereocenters. The number of rotatable bonds is 5. The second-order valence-electron chi connectivity index (χ2n) is 4.14. The summed E-state index contributed by atoms with van der Waals surface area (Å²) in [5.74, 6) is -1.22. The Morgan fingerprint density at radius 3 is 2.76 bits per heavy atom. The highest BCUT2D eigenvalue weighted by molar-refractivity contribution is 7.89. The monoisotopic (exact) mass is 346 g/mol. The minimum Gasteiger partial charge on any atom is -0.478 e. The number of nitrogens with one attached hydrogen (secondary N) is 1. The zero-order chi connectivity index (χ0) is 15.6. The fraction of sp³-hybridized carbons (Fsp3) is 0.167. The van der Waals surface area contributed by atoms with Crippen molar-refractivity contribution in [2.75, 3.05) is 0 Å². The van der Waals surface area contributed by atoms with Crippen molar-refractivity contribution in [3.63, 3.8) is 0 Å². The van der Waals surface area contributed by atoms with E-state index in [2.05, 4.69) is 9.71 Å². The third-order valence-electron chi connectivity index (χ3n) is 2.74. The van der Waals surface area contributed by atoms with Crippen LogP contribution in [0.4, 0.5) is 0 Å². The maximum absolute atomic E-state index is 12.2. The van der Waals surface area contributed by atoms with Crippen LogP contribution in [0.5, 0.6) is 0 Å². The average molecular weight is 347 g/mol. The Hall–Kier alpha value is -1.48. The maximum atomic E-state index is 12.2. The topological polar surface area (TPSA) is 96.4 Å². The molecule has 0 bridgehead atoms. The van der Waals surface area contributed by atoms with Gasteiger partial charge in [-0.05, 0) is 25.1 Å². The predicted molar refractivity (Wildman–Crippen MR) is 79.3 cm³/mol. The Morgan fingerprint density at radius 2 is 2.19 bits per heavy atom. The summed E-state index contributed by atoms with van der Waals surface area (Å²) in [6, 6.07) is 3.53. The zero-order valence-electron chi connectivity index (χ0n) is 10.8. The predicted octanol–water partition coefficient (Wildman–Crippen LogP) is 2.28. The van der Waals surface area contributed by atoms with E-state index in [-0.39, 0.29) is 22.0 Å². The van der Waals surface area contributed by atoms with Gasteiger partial charge in [0.05, 0.1) is 21.8 Å². The van der Waals surface area contributed by atoms with Gasteiger partial charge in [0.25, 0.3) is 0 Å². The number of benzene rings is 1. The highest BCUT2D eigenvalue weighted by Crippen LogP contribution is 2.23. The molecule has 0 spiro atoms. The Kier molecular flexibility index (Phi) is 4.62. The smallest absolute Gasteiger partial charge is 0.335 e. The van der Waals surface area contributed by atoms with Crippen molar-refractivity contribution in [1.82, 2.24) is 9.71 Å². The van der Waals surface area contributed by atoms with Crippen LogP contribution in [0.1, 0.15) is 20.9 Å². The molecular formula is C12H11ClN2O4S2. The molecule has 0 aliphatic heterocycles. The van der Waals surface area contributed by atoms with Crippen molar-refractivity contribution in [3.05, 3.63) is 44.9 Å². The van der Waals surface area contributed by atoms with E-state index in [1.807, 2.05) is 0 Å². The van der Waals surface area contributed by atoms with E-state index in [0.717, 1.165) is 16.6 Å². The highest BCUT2D eigenvalue weighted by Gasteiger charge is 2.20. The average Bonchev–Trinajstić information content (AvgIpc) is 2.82. The summed E-state index contributed by atoms with van der Waals surface area (Å²) in [5.41, 5.74) is 2.22. The summed E-state index contributed by atoms with van der Waals surface area (Å²) < 4.78 is 26.9. The lowest BCUT2D eigenvalue weighted by molar-refractivity contribution is 0.0696. The third kappa shape index (κ3) is 3.59. The second kappa shape index (κ2) is 6.10. The lowest BCUT2D eigenvalue weighted by Gasteiger charge is -2.08. The van der Waals surface area contributed by atoms with Crippen LogP contribution < -0.4 is 4.72 Å². The van der Waals surface area contributed by atoms with Crippen molar-refractivity contribution in [2.45, 2.75) is 18.4 Å². The van der Waals surface area contributed by atoms with E-state index in [0.29, 0.717) is 0 Å². The van der Waals surface area contributed by atoms with Gasteiger partial charge in [-0.3, -0.25) is 0 Å². The number of carboxylic acids is 1. The van der Waals surface area contributed by atoms with Crippen LogP contribution in [0.2, 0.25) is 5.02 Å². The summed E-state index contributed by atoms with van der Waals surface area (Å²) >= 11 is 7.19. The standard InChI is InChI=1S/C12H11ClN2O4S2/c1-7-10(20-6-14-7)5-15-21(18,19)11-4-8(12(16)17)2-3-9(11)13/h2-4,6,15H,5H2,1H3,(H,16,17). The van der Waals surface area contributed by atoms with Crippen LogP contribution in [0.25, 0.3) is 0 Å². The van der Waals surface area contributed by atoms with Gasteiger partial charge in [-0.25, -0.2) is 22.9 Å². The fourth-order valence-electron chi connectivity index (χ4n) is 1.58. The number of aromatic nitrogens is 1. The second-order valence-corrected chi connectivity index (χ2v) is 7.22. The number of hydrogen-bond donors (Lipinski definition) is 2. The van der Waals surface area contributed by atoms with E-state index in [1.165, 1.54) is 23.5 Å². The Morgan fingerprint density at radius 1 is 1.48 bits per heavy atom. The van der Waals surface area contributed by atoms with Gasteiger partial charge in [0, 0.05) is 11.4 Å². The Bertz CT molecular complexity index is 786. The highest BCUT2D eigenvalue weighted by atomic mass is 35.5. The molecule has 112 valence electrons. The minimum absolute atomic E-state index is 0.0338. The van der Waals surface area contributed by atoms with Gasteiger partial charge in [0.2, 0.25) is 10.0 Å². The number of carboxylic acid groups (broad SMARTS) is 1. The molecule has 0 saturated carbocycles. The molecule has 0 aliphatic rings. The molecule has 1 aromatic heterocycles. The van der Waals surface area contributed by atoms with Crippen LogP contribution in [0.15, 0.2) is 28.6 Å². The molecule has 1 heterocycles. The van der Waals surface area contributed by atoms with Gasteiger partial charge in [-0.2, -0.15) is 0 Å². The molecule has 0 radical (unpaired) electrons. The first-order valence-electron chi connectivity index (χ1n) is 5.73. The van der Waals surface area contributed by atoms with Crippen molar-refractivity contribution in [2.24, 2.45) is 0 Å². The van der Waals surface area contributed by atoms with Crippen molar-refractivity contribution >= 4 is 38.9 Å². The molecule has 6 nitrogen and oxygen atoms in total. The summed E-state index contributed by atoms with van der Waals surface area (Å²) in [4.78, 5) is 15.5. The largest absolute Gasteiger partial charge is 0.478 e. The molecule has 0 aliphatic carbocycles. The van der Waals surface area contributed by atoms with E-state index in [9.17, 15) is 13.2 Å². The molecule has 0 saturated heterocycles.